The summed E-state index contributed by atoms with van der Waals surface area (Å²) in [5, 5.41) is 34.1. The zero-order chi connectivity index (χ0) is 31.2. The molecule has 43 heavy (non-hydrogen) atoms. The smallest absolute Gasteiger partial charge is 0.246 e. The average Bonchev–Trinajstić information content (AvgIpc) is 2.96. The molecular weight excluding hydrogens is 573 g/mol. The van der Waals surface area contributed by atoms with Crippen LogP contribution in [-0.4, -0.2) is 80.5 Å². The lowest BCUT2D eigenvalue weighted by Crippen LogP contribution is -2.61. The van der Waals surface area contributed by atoms with Crippen LogP contribution in [0.1, 0.15) is 43.2 Å². The molecule has 0 bridgehead atoms. The number of anilines is 3. The highest BCUT2D eigenvalue weighted by molar-refractivity contribution is 6.37. The van der Waals surface area contributed by atoms with Crippen LogP contribution in [0.25, 0.3) is 11.3 Å². The standard InChI is InChI=1S/C31H35ClFN7O3/c1-6-22(43)39-15-19-11-13-38(5)29-24(30(34)40(19)14-17(39)3)31(36-26-16(2)10-12-35-27(26)18(4)41)37-28(25(29)32)23-20(33)8-7-9-21(23)42/h6-10,12,17-19,34,41-42H,1,11,13-15H2,2-5H3,(H,36,37). The number of aliphatic hydroxyl groups excluding tert-OH is 1. The molecule has 226 valence electrons. The van der Waals surface area contributed by atoms with Gasteiger partial charge in [-0.25, -0.2) is 9.37 Å². The summed E-state index contributed by atoms with van der Waals surface area (Å²) < 4.78 is 15.2. The summed E-state index contributed by atoms with van der Waals surface area (Å²) in [6, 6.07) is 5.39. The van der Waals surface area contributed by atoms with Gasteiger partial charge in [0.1, 0.15) is 28.9 Å². The molecule has 3 aromatic rings. The third-order valence-corrected chi connectivity index (χ3v) is 8.53. The minimum absolute atomic E-state index is 0.00481. The Morgan fingerprint density at radius 2 is 2.05 bits per heavy atom. The number of hydrogen-bond donors (Lipinski definition) is 4. The second-order valence-electron chi connectivity index (χ2n) is 11.1. The molecule has 0 aliphatic carbocycles. The Morgan fingerprint density at radius 3 is 2.72 bits per heavy atom. The predicted molar refractivity (Wildman–Crippen MR) is 166 cm³/mol. The van der Waals surface area contributed by atoms with E-state index in [1.807, 2.05) is 30.7 Å². The van der Waals surface area contributed by atoms with Gasteiger partial charge < -0.3 is 30.2 Å². The summed E-state index contributed by atoms with van der Waals surface area (Å²) in [6.07, 6.45) is 2.59. The van der Waals surface area contributed by atoms with Gasteiger partial charge >= 0.3 is 0 Å². The van der Waals surface area contributed by atoms with E-state index in [4.69, 9.17) is 16.6 Å². The molecule has 1 aromatic carbocycles. The highest BCUT2D eigenvalue weighted by atomic mass is 35.5. The molecule has 1 saturated heterocycles. The number of aromatic nitrogens is 2. The number of aliphatic hydroxyl groups is 1. The SMILES string of the molecule is C=CC(=O)N1CC2CCN(C)c3c(Cl)c(-c4c(O)cccc4F)nc(Nc4c(C)ccnc4C(C)O)c3C(=N)N2CC1C. The number of aromatic hydroxyl groups is 1. The number of amides is 1. The zero-order valence-electron chi connectivity index (χ0n) is 24.5. The van der Waals surface area contributed by atoms with Crippen molar-refractivity contribution in [1.82, 2.24) is 19.8 Å². The lowest BCUT2D eigenvalue weighted by Gasteiger charge is -2.48. The van der Waals surface area contributed by atoms with E-state index < -0.39 is 11.9 Å². The number of piperazine rings is 1. The number of amidine groups is 1. The van der Waals surface area contributed by atoms with E-state index in [-0.39, 0.29) is 51.7 Å². The van der Waals surface area contributed by atoms with E-state index in [2.05, 4.69) is 16.9 Å². The Kier molecular flexibility index (Phi) is 8.31. The van der Waals surface area contributed by atoms with Crippen molar-refractivity contribution in [2.75, 3.05) is 36.9 Å². The van der Waals surface area contributed by atoms with Gasteiger partial charge in [0.15, 0.2) is 0 Å². The first-order valence-corrected chi connectivity index (χ1v) is 14.4. The van der Waals surface area contributed by atoms with Crippen LogP contribution in [0.2, 0.25) is 5.02 Å². The van der Waals surface area contributed by atoms with Crippen LogP contribution >= 0.6 is 11.6 Å². The fourth-order valence-electron chi connectivity index (χ4n) is 5.90. The number of halogens is 2. The maximum absolute atomic E-state index is 15.2. The molecule has 4 N–H and O–H groups in total. The first-order chi connectivity index (χ1) is 20.4. The van der Waals surface area contributed by atoms with E-state index in [1.54, 1.807) is 24.1 Å². The Labute approximate surface area is 254 Å². The molecule has 4 heterocycles. The van der Waals surface area contributed by atoms with Crippen LogP contribution in [0.4, 0.5) is 21.6 Å². The highest BCUT2D eigenvalue weighted by Gasteiger charge is 2.39. The normalized spacial score (nSPS) is 19.2. The summed E-state index contributed by atoms with van der Waals surface area (Å²) in [7, 11) is 1.83. The molecule has 2 aliphatic heterocycles. The highest BCUT2D eigenvalue weighted by Crippen LogP contribution is 2.46. The van der Waals surface area contributed by atoms with Crippen LogP contribution < -0.4 is 10.2 Å². The monoisotopic (exact) mass is 607 g/mol. The minimum atomic E-state index is -0.922. The molecule has 5 rings (SSSR count). The number of pyridine rings is 2. The van der Waals surface area contributed by atoms with E-state index in [1.165, 1.54) is 24.3 Å². The molecule has 12 heteroatoms. The van der Waals surface area contributed by atoms with Crippen molar-refractivity contribution in [2.24, 2.45) is 0 Å². The Balaban J connectivity index is 1.76. The van der Waals surface area contributed by atoms with Gasteiger partial charge in [-0.05, 0) is 57.0 Å². The number of phenolic OH excluding ortho intramolecular Hbond substituents is 1. The number of rotatable bonds is 5. The molecule has 3 atom stereocenters. The van der Waals surface area contributed by atoms with Crippen molar-refractivity contribution < 1.29 is 19.4 Å². The number of carbonyl (C=O) groups excluding carboxylic acids is 1. The van der Waals surface area contributed by atoms with E-state index in [0.717, 1.165) is 5.56 Å². The maximum Gasteiger partial charge on any atom is 0.246 e. The molecule has 0 radical (unpaired) electrons. The first-order valence-electron chi connectivity index (χ1n) is 14.1. The van der Waals surface area contributed by atoms with Crippen molar-refractivity contribution in [2.45, 2.75) is 45.4 Å². The van der Waals surface area contributed by atoms with Crippen LogP contribution in [0.3, 0.4) is 0 Å². The van der Waals surface area contributed by atoms with E-state index in [9.17, 15) is 20.4 Å². The molecule has 10 nitrogen and oxygen atoms in total. The third-order valence-electron chi connectivity index (χ3n) is 8.17. The number of phenols is 1. The Hall–Kier alpha value is -4.22. The number of fused-ring (bicyclic) bond motifs is 2. The summed E-state index contributed by atoms with van der Waals surface area (Å²) in [6.45, 7) is 10.3. The zero-order valence-corrected chi connectivity index (χ0v) is 25.3. The summed E-state index contributed by atoms with van der Waals surface area (Å²) in [5.41, 5.74) is 2.27. The number of benzene rings is 1. The van der Waals surface area contributed by atoms with Crippen LogP contribution in [-0.2, 0) is 4.79 Å². The molecule has 3 unspecified atom stereocenters. The van der Waals surface area contributed by atoms with Crippen molar-refractivity contribution in [3.63, 3.8) is 0 Å². The fraction of sp³-hybridized carbons (Fsp3) is 0.355. The fourth-order valence-corrected chi connectivity index (χ4v) is 6.27. The van der Waals surface area contributed by atoms with E-state index >= 15 is 4.39 Å². The molecule has 1 fully saturated rings. The Morgan fingerprint density at radius 1 is 1.30 bits per heavy atom. The van der Waals surface area contributed by atoms with Crippen LogP contribution in [0, 0.1) is 18.2 Å². The Bertz CT molecular complexity index is 1590. The molecule has 1 amide bonds. The van der Waals surface area contributed by atoms with Gasteiger partial charge in [0.25, 0.3) is 0 Å². The lowest BCUT2D eigenvalue weighted by molar-refractivity contribution is -0.131. The average molecular weight is 608 g/mol. The number of nitrogens with one attached hydrogen (secondary N) is 2. The molecular formula is C31H35ClFN7O3. The second kappa shape index (κ2) is 11.8. The van der Waals surface area contributed by atoms with Gasteiger partial charge in [0, 0.05) is 45.0 Å². The summed E-state index contributed by atoms with van der Waals surface area (Å²) in [5.74, 6) is -0.880. The maximum atomic E-state index is 15.2. The van der Waals surface area contributed by atoms with Crippen LogP contribution in [0.15, 0.2) is 43.1 Å². The van der Waals surface area contributed by atoms with Crippen LogP contribution in [0.5, 0.6) is 5.75 Å². The second-order valence-corrected chi connectivity index (χ2v) is 11.5. The summed E-state index contributed by atoms with van der Waals surface area (Å²) in [4.78, 5) is 27.3. The first kappa shape index (κ1) is 30.2. The predicted octanol–water partition coefficient (Wildman–Crippen LogP) is 5.00. The minimum Gasteiger partial charge on any atom is -0.507 e. The quantitative estimate of drug-likeness (QED) is 0.298. The molecule has 2 aliphatic rings. The van der Waals surface area contributed by atoms with E-state index in [0.29, 0.717) is 48.7 Å². The van der Waals surface area contributed by atoms with Crippen molar-refractivity contribution in [3.05, 3.63) is 70.8 Å². The molecule has 2 aromatic heterocycles. The van der Waals surface area contributed by atoms with Gasteiger partial charge in [-0.2, -0.15) is 0 Å². The topological polar surface area (TPSA) is 129 Å². The number of hydrogen-bond acceptors (Lipinski definition) is 8. The molecule has 0 saturated carbocycles. The van der Waals surface area contributed by atoms with Crippen molar-refractivity contribution in [3.8, 4) is 17.0 Å². The molecule has 0 spiro atoms. The number of nitrogens with zero attached hydrogens (tertiary/aromatic N) is 5. The van der Waals surface area contributed by atoms with Crippen molar-refractivity contribution >= 4 is 40.5 Å². The van der Waals surface area contributed by atoms with Gasteiger partial charge in [-0.3, -0.25) is 15.2 Å². The summed E-state index contributed by atoms with van der Waals surface area (Å²) >= 11 is 7.03. The lowest BCUT2D eigenvalue weighted by atomic mass is 9.97. The van der Waals surface area contributed by atoms with Gasteiger partial charge in [-0.15, -0.1) is 0 Å². The van der Waals surface area contributed by atoms with Crippen molar-refractivity contribution in [1.29, 1.82) is 5.41 Å². The number of aryl methyl sites for hydroxylation is 1. The largest absolute Gasteiger partial charge is 0.507 e. The third kappa shape index (κ3) is 5.38. The van der Waals surface area contributed by atoms with Gasteiger partial charge in [0.05, 0.1) is 39.3 Å². The van der Waals surface area contributed by atoms with Gasteiger partial charge in [-0.1, -0.05) is 24.2 Å². The number of carbonyl (C=O) groups is 1. The van der Waals surface area contributed by atoms with Gasteiger partial charge in [0.2, 0.25) is 5.91 Å².